The maximum Gasteiger partial charge on any atom is 0.347 e. The van der Waals surface area contributed by atoms with Gasteiger partial charge < -0.3 is 24.6 Å². The van der Waals surface area contributed by atoms with Crippen LogP contribution in [-0.4, -0.2) is 36.9 Å². The molecule has 0 aromatic heterocycles. The normalized spacial score (nSPS) is 12.1. The number of phenolic OH excluding ortho intramolecular Hbond substituents is 1. The molecule has 0 saturated heterocycles. The molecule has 0 fully saturated rings. The second-order valence-electron chi connectivity index (χ2n) is 6.21. The minimum atomic E-state index is -0.771. The maximum absolute atomic E-state index is 12.8. The van der Waals surface area contributed by atoms with Gasteiger partial charge in [-0.3, -0.25) is 9.59 Å². The van der Waals surface area contributed by atoms with Gasteiger partial charge in [-0.15, -0.1) is 0 Å². The minimum Gasteiger partial charge on any atom is -0.507 e. The van der Waals surface area contributed by atoms with Gasteiger partial charge >= 0.3 is 5.97 Å². The molecule has 2 aromatic carbocycles. The fourth-order valence-corrected chi connectivity index (χ4v) is 3.07. The second kappa shape index (κ2) is 7.22. The number of amides is 1. The molecule has 0 unspecified atom stereocenters. The van der Waals surface area contributed by atoms with Crippen LogP contribution in [0.3, 0.4) is 0 Å². The Labute approximate surface area is 161 Å². The van der Waals surface area contributed by atoms with Crippen LogP contribution < -0.4 is 19.5 Å². The first-order valence-corrected chi connectivity index (χ1v) is 8.55. The SMILES string of the molecule is CCNC(=O)c1cc(OC)c(C)c2c1Oc1c(C=O)c(O)cc(C)c1C(=O)O2. The molecule has 1 heterocycles. The van der Waals surface area contributed by atoms with E-state index in [4.69, 9.17) is 14.2 Å². The molecule has 28 heavy (non-hydrogen) atoms. The fourth-order valence-electron chi connectivity index (χ4n) is 3.07. The summed E-state index contributed by atoms with van der Waals surface area (Å²) in [6, 6.07) is 2.75. The maximum atomic E-state index is 12.8. The molecule has 2 aromatic rings. The van der Waals surface area contributed by atoms with Crippen molar-refractivity contribution in [3.05, 3.63) is 39.9 Å². The van der Waals surface area contributed by atoms with Gasteiger partial charge in [0.2, 0.25) is 0 Å². The molecule has 0 bridgehead atoms. The Morgan fingerprint density at radius 3 is 2.54 bits per heavy atom. The second-order valence-corrected chi connectivity index (χ2v) is 6.21. The molecule has 0 radical (unpaired) electrons. The lowest BCUT2D eigenvalue weighted by atomic mass is 10.0. The number of aldehydes is 1. The third kappa shape index (κ3) is 2.92. The van der Waals surface area contributed by atoms with Crippen molar-refractivity contribution in [3.63, 3.8) is 0 Å². The van der Waals surface area contributed by atoms with E-state index in [-0.39, 0.29) is 39.7 Å². The highest BCUT2D eigenvalue weighted by Crippen LogP contribution is 2.48. The summed E-state index contributed by atoms with van der Waals surface area (Å²) < 4.78 is 16.7. The molecule has 0 aliphatic carbocycles. The van der Waals surface area contributed by atoms with Crippen molar-refractivity contribution in [1.29, 1.82) is 0 Å². The number of benzene rings is 2. The summed E-state index contributed by atoms with van der Waals surface area (Å²) in [7, 11) is 1.43. The van der Waals surface area contributed by atoms with Crippen LogP contribution in [0, 0.1) is 13.8 Å². The zero-order valence-corrected chi connectivity index (χ0v) is 15.8. The van der Waals surface area contributed by atoms with E-state index in [0.29, 0.717) is 29.7 Å². The first kappa shape index (κ1) is 19.2. The first-order chi connectivity index (χ1) is 13.3. The molecule has 0 saturated carbocycles. The number of fused-ring (bicyclic) bond motifs is 2. The molecule has 8 nitrogen and oxygen atoms in total. The van der Waals surface area contributed by atoms with Gasteiger partial charge in [0.25, 0.3) is 5.91 Å². The van der Waals surface area contributed by atoms with Crippen LogP contribution in [-0.2, 0) is 0 Å². The number of aryl methyl sites for hydroxylation is 1. The molecular formula is C20H19NO7. The van der Waals surface area contributed by atoms with Crippen molar-refractivity contribution >= 4 is 18.2 Å². The summed E-state index contributed by atoms with van der Waals surface area (Å²) in [5, 5.41) is 12.8. The quantitative estimate of drug-likeness (QED) is 0.473. The molecule has 0 spiro atoms. The summed E-state index contributed by atoms with van der Waals surface area (Å²) in [4.78, 5) is 36.9. The largest absolute Gasteiger partial charge is 0.507 e. The summed E-state index contributed by atoms with van der Waals surface area (Å²) in [6.45, 7) is 5.34. The van der Waals surface area contributed by atoms with Crippen LogP contribution in [0.4, 0.5) is 0 Å². The lowest BCUT2D eigenvalue weighted by molar-refractivity contribution is 0.0734. The Kier molecular flexibility index (Phi) is 4.96. The number of aromatic hydroxyl groups is 1. The molecule has 1 aliphatic rings. The van der Waals surface area contributed by atoms with Gasteiger partial charge in [0.1, 0.15) is 17.1 Å². The highest BCUT2D eigenvalue weighted by Gasteiger charge is 2.33. The molecule has 146 valence electrons. The number of esters is 1. The smallest absolute Gasteiger partial charge is 0.347 e. The van der Waals surface area contributed by atoms with Gasteiger partial charge in [-0.2, -0.15) is 0 Å². The van der Waals surface area contributed by atoms with Crippen molar-refractivity contribution in [2.45, 2.75) is 20.8 Å². The van der Waals surface area contributed by atoms with E-state index >= 15 is 0 Å². The third-order valence-corrected chi connectivity index (χ3v) is 4.45. The lowest BCUT2D eigenvalue weighted by Crippen LogP contribution is -2.23. The number of carbonyl (C=O) groups is 3. The van der Waals surface area contributed by atoms with Crippen molar-refractivity contribution in [2.75, 3.05) is 13.7 Å². The van der Waals surface area contributed by atoms with Crippen LogP contribution in [0.1, 0.15) is 49.1 Å². The van der Waals surface area contributed by atoms with E-state index in [0.717, 1.165) is 0 Å². The van der Waals surface area contributed by atoms with E-state index in [1.165, 1.54) is 19.2 Å². The van der Waals surface area contributed by atoms with E-state index in [9.17, 15) is 19.5 Å². The van der Waals surface area contributed by atoms with Crippen LogP contribution in [0.15, 0.2) is 12.1 Å². The van der Waals surface area contributed by atoms with Crippen molar-refractivity contribution in [2.24, 2.45) is 0 Å². The highest BCUT2D eigenvalue weighted by molar-refractivity contribution is 6.04. The van der Waals surface area contributed by atoms with Crippen molar-refractivity contribution < 1.29 is 33.7 Å². The van der Waals surface area contributed by atoms with Gasteiger partial charge in [-0.1, -0.05) is 0 Å². The highest BCUT2D eigenvalue weighted by atomic mass is 16.6. The number of rotatable bonds is 4. The Morgan fingerprint density at radius 1 is 1.21 bits per heavy atom. The number of ether oxygens (including phenoxy) is 3. The Hall–Kier alpha value is -3.55. The van der Waals surface area contributed by atoms with E-state index in [1.807, 2.05) is 0 Å². The van der Waals surface area contributed by atoms with Crippen LogP contribution >= 0.6 is 0 Å². The summed E-state index contributed by atoms with van der Waals surface area (Å²) >= 11 is 0. The zero-order valence-electron chi connectivity index (χ0n) is 15.8. The number of methoxy groups -OCH3 is 1. The molecule has 8 heteroatoms. The number of nitrogens with one attached hydrogen (secondary N) is 1. The van der Waals surface area contributed by atoms with Crippen LogP contribution in [0.2, 0.25) is 0 Å². The average Bonchev–Trinajstić information content (AvgIpc) is 2.79. The van der Waals surface area contributed by atoms with Gasteiger partial charge in [-0.05, 0) is 38.5 Å². The Morgan fingerprint density at radius 2 is 1.93 bits per heavy atom. The third-order valence-electron chi connectivity index (χ3n) is 4.45. The summed E-state index contributed by atoms with van der Waals surface area (Å²) in [5.74, 6) is -1.44. The fraction of sp³-hybridized carbons (Fsp3) is 0.250. The van der Waals surface area contributed by atoms with E-state index in [2.05, 4.69) is 5.32 Å². The molecular weight excluding hydrogens is 366 g/mol. The number of carbonyl (C=O) groups excluding carboxylic acids is 3. The van der Waals surface area contributed by atoms with Crippen molar-refractivity contribution in [1.82, 2.24) is 5.32 Å². The van der Waals surface area contributed by atoms with E-state index < -0.39 is 11.9 Å². The lowest BCUT2D eigenvalue weighted by Gasteiger charge is -2.17. The van der Waals surface area contributed by atoms with E-state index in [1.54, 1.807) is 20.8 Å². The number of hydrogen-bond acceptors (Lipinski definition) is 7. The molecule has 3 rings (SSSR count). The summed E-state index contributed by atoms with van der Waals surface area (Å²) in [5.41, 5.74) is 0.663. The number of phenols is 1. The van der Waals surface area contributed by atoms with Gasteiger partial charge in [-0.25, -0.2) is 4.79 Å². The van der Waals surface area contributed by atoms with Crippen LogP contribution in [0.25, 0.3) is 0 Å². The number of hydrogen-bond donors (Lipinski definition) is 2. The standard InChI is InChI=1S/C20H19NO7/c1-5-21-19(24)11-7-14(26-4)10(3)16-18(11)27-17-12(8-22)13(23)6-9(2)15(17)20(25)28-16/h6-8,23H,5H2,1-4H3,(H,21,24). The molecule has 1 amide bonds. The average molecular weight is 385 g/mol. The molecule has 2 N–H and O–H groups in total. The Bertz CT molecular complexity index is 1010. The monoisotopic (exact) mass is 385 g/mol. The molecule has 1 aliphatic heterocycles. The predicted molar refractivity (Wildman–Crippen MR) is 99.0 cm³/mol. The minimum absolute atomic E-state index is 0.00341. The van der Waals surface area contributed by atoms with Crippen LogP contribution in [0.5, 0.6) is 28.7 Å². The predicted octanol–water partition coefficient (Wildman–Crippen LogP) is 2.90. The topological polar surface area (TPSA) is 111 Å². The summed E-state index contributed by atoms with van der Waals surface area (Å²) in [6.07, 6.45) is 0.383. The molecule has 0 atom stereocenters. The zero-order chi connectivity index (χ0) is 20.6. The van der Waals surface area contributed by atoms with Gasteiger partial charge in [0, 0.05) is 12.1 Å². The van der Waals surface area contributed by atoms with Crippen molar-refractivity contribution in [3.8, 4) is 28.7 Å². The Balaban J connectivity index is 2.36. The van der Waals surface area contributed by atoms with Gasteiger partial charge in [0.05, 0.1) is 18.2 Å². The first-order valence-electron chi connectivity index (χ1n) is 8.55. The van der Waals surface area contributed by atoms with Gasteiger partial charge in [0.15, 0.2) is 23.5 Å².